The third-order valence-corrected chi connectivity index (χ3v) is 3.95. The molecule has 1 heterocycles. The summed E-state index contributed by atoms with van der Waals surface area (Å²) in [6.45, 7) is 2.01. The second kappa shape index (κ2) is 6.08. The Kier molecular flexibility index (Phi) is 4.00. The smallest absolute Gasteiger partial charge is 0.150 e. The number of ether oxygens (including phenoxy) is 1. The molecule has 1 unspecified atom stereocenters. The van der Waals surface area contributed by atoms with Crippen molar-refractivity contribution >= 4 is 6.29 Å². The zero-order valence-electron chi connectivity index (χ0n) is 12.2. The number of fused-ring (bicyclic) bond motifs is 1. The lowest BCUT2D eigenvalue weighted by molar-refractivity contribution is 0.112. The molecule has 108 valence electrons. The molecule has 3 rings (SSSR count). The summed E-state index contributed by atoms with van der Waals surface area (Å²) in [5, 5.41) is 0. The third kappa shape index (κ3) is 3.13. The predicted octanol–water partition coefficient (Wildman–Crippen LogP) is 3.91. The standard InChI is InChI=1S/C18H19NO2/c1-13(21-16-9-6-14(12-20)7-10-16)17-11-8-15-4-2-3-5-18(15)19-17/h6-13H,2-5H2,1H3. The Morgan fingerprint density at radius 3 is 2.62 bits per heavy atom. The SMILES string of the molecule is CC(Oc1ccc(C=O)cc1)c1ccc2c(n1)CCCC2. The van der Waals surface area contributed by atoms with Gasteiger partial charge in [-0.1, -0.05) is 6.07 Å². The fourth-order valence-corrected chi connectivity index (χ4v) is 2.71. The first-order valence-corrected chi connectivity index (χ1v) is 7.47. The maximum absolute atomic E-state index is 10.6. The van der Waals surface area contributed by atoms with Crippen molar-refractivity contribution in [3.8, 4) is 5.75 Å². The summed E-state index contributed by atoms with van der Waals surface area (Å²) in [6.07, 6.45) is 5.45. The molecule has 21 heavy (non-hydrogen) atoms. The van der Waals surface area contributed by atoms with Gasteiger partial charge in [0.05, 0.1) is 5.69 Å². The van der Waals surface area contributed by atoms with Crippen molar-refractivity contribution in [1.82, 2.24) is 4.98 Å². The maximum atomic E-state index is 10.6. The Morgan fingerprint density at radius 1 is 1.10 bits per heavy atom. The average Bonchev–Trinajstić information content (AvgIpc) is 2.55. The van der Waals surface area contributed by atoms with Crippen LogP contribution in [0.2, 0.25) is 0 Å². The largest absolute Gasteiger partial charge is 0.484 e. The van der Waals surface area contributed by atoms with Gasteiger partial charge in [0.15, 0.2) is 0 Å². The van der Waals surface area contributed by atoms with E-state index in [-0.39, 0.29) is 6.10 Å². The first kappa shape index (κ1) is 13.8. The summed E-state index contributed by atoms with van der Waals surface area (Å²) < 4.78 is 5.91. The number of benzene rings is 1. The highest BCUT2D eigenvalue weighted by atomic mass is 16.5. The first-order chi connectivity index (χ1) is 10.3. The molecule has 0 saturated heterocycles. The predicted molar refractivity (Wildman–Crippen MR) is 81.8 cm³/mol. The molecule has 0 bridgehead atoms. The lowest BCUT2D eigenvalue weighted by atomic mass is 9.95. The second-order valence-electron chi connectivity index (χ2n) is 5.50. The molecule has 0 fully saturated rings. The van der Waals surface area contributed by atoms with E-state index in [9.17, 15) is 4.79 Å². The van der Waals surface area contributed by atoms with Gasteiger partial charge in [-0.3, -0.25) is 9.78 Å². The molecule has 0 saturated carbocycles. The van der Waals surface area contributed by atoms with Crippen molar-refractivity contribution in [2.75, 3.05) is 0 Å². The van der Waals surface area contributed by atoms with Gasteiger partial charge in [0, 0.05) is 11.3 Å². The minimum Gasteiger partial charge on any atom is -0.484 e. The topological polar surface area (TPSA) is 39.2 Å². The first-order valence-electron chi connectivity index (χ1n) is 7.47. The molecular formula is C18H19NO2. The quantitative estimate of drug-likeness (QED) is 0.797. The van der Waals surface area contributed by atoms with Gasteiger partial charge < -0.3 is 4.74 Å². The molecule has 0 spiro atoms. The maximum Gasteiger partial charge on any atom is 0.150 e. The zero-order valence-corrected chi connectivity index (χ0v) is 12.2. The zero-order chi connectivity index (χ0) is 14.7. The Bertz CT molecular complexity index is 634. The van der Waals surface area contributed by atoms with E-state index in [4.69, 9.17) is 9.72 Å². The number of aryl methyl sites for hydroxylation is 2. The molecule has 1 aliphatic carbocycles. The number of carbonyl (C=O) groups is 1. The highest BCUT2D eigenvalue weighted by molar-refractivity contribution is 5.74. The second-order valence-corrected chi connectivity index (χ2v) is 5.50. The van der Waals surface area contributed by atoms with Crippen LogP contribution in [0.5, 0.6) is 5.75 Å². The Morgan fingerprint density at radius 2 is 1.86 bits per heavy atom. The Labute approximate surface area is 125 Å². The third-order valence-electron chi connectivity index (χ3n) is 3.95. The van der Waals surface area contributed by atoms with Crippen LogP contribution < -0.4 is 4.74 Å². The lowest BCUT2D eigenvalue weighted by Gasteiger charge is -2.19. The summed E-state index contributed by atoms with van der Waals surface area (Å²) in [6, 6.07) is 11.4. The van der Waals surface area contributed by atoms with Gasteiger partial charge in [0.2, 0.25) is 0 Å². The lowest BCUT2D eigenvalue weighted by Crippen LogP contribution is -2.11. The number of nitrogens with zero attached hydrogens (tertiary/aromatic N) is 1. The summed E-state index contributed by atoms with van der Waals surface area (Å²) in [7, 11) is 0. The van der Waals surface area contributed by atoms with Gasteiger partial charge in [0.1, 0.15) is 18.1 Å². The van der Waals surface area contributed by atoms with E-state index in [2.05, 4.69) is 12.1 Å². The van der Waals surface area contributed by atoms with Gasteiger partial charge in [0.25, 0.3) is 0 Å². The van der Waals surface area contributed by atoms with Crippen molar-refractivity contribution in [2.24, 2.45) is 0 Å². The van der Waals surface area contributed by atoms with Crippen LogP contribution in [0.4, 0.5) is 0 Å². The number of carbonyl (C=O) groups excluding carboxylic acids is 1. The monoisotopic (exact) mass is 281 g/mol. The van der Waals surface area contributed by atoms with E-state index in [0.29, 0.717) is 5.56 Å². The molecule has 2 aromatic rings. The van der Waals surface area contributed by atoms with E-state index < -0.39 is 0 Å². The van der Waals surface area contributed by atoms with Crippen LogP contribution in [0.3, 0.4) is 0 Å². The minimum absolute atomic E-state index is 0.0979. The highest BCUT2D eigenvalue weighted by Crippen LogP contribution is 2.24. The average molecular weight is 281 g/mol. The molecule has 0 N–H and O–H groups in total. The molecule has 1 aromatic heterocycles. The Balaban J connectivity index is 1.75. The summed E-state index contributed by atoms with van der Waals surface area (Å²) in [5.74, 6) is 0.757. The van der Waals surface area contributed by atoms with Crippen LogP contribution in [0.25, 0.3) is 0 Å². The normalized spacial score (nSPS) is 15.1. The Hall–Kier alpha value is -2.16. The van der Waals surface area contributed by atoms with E-state index >= 15 is 0 Å². The van der Waals surface area contributed by atoms with E-state index in [0.717, 1.165) is 30.6 Å². The fraction of sp³-hybridized carbons (Fsp3) is 0.333. The van der Waals surface area contributed by atoms with Crippen molar-refractivity contribution < 1.29 is 9.53 Å². The fourth-order valence-electron chi connectivity index (χ4n) is 2.71. The van der Waals surface area contributed by atoms with Crippen molar-refractivity contribution in [1.29, 1.82) is 0 Å². The number of aldehydes is 1. The molecule has 1 atom stereocenters. The van der Waals surface area contributed by atoms with Crippen LogP contribution in [0.1, 0.15) is 53.2 Å². The molecule has 1 aromatic carbocycles. The molecule has 0 aliphatic heterocycles. The van der Waals surface area contributed by atoms with Crippen LogP contribution in [0, 0.1) is 0 Å². The number of hydrogen-bond acceptors (Lipinski definition) is 3. The summed E-state index contributed by atoms with van der Waals surface area (Å²) in [4.78, 5) is 15.4. The van der Waals surface area contributed by atoms with Gasteiger partial charge in [-0.15, -0.1) is 0 Å². The number of hydrogen-bond donors (Lipinski definition) is 0. The number of pyridine rings is 1. The summed E-state index contributed by atoms with van der Waals surface area (Å²) >= 11 is 0. The summed E-state index contributed by atoms with van der Waals surface area (Å²) in [5.41, 5.74) is 4.23. The van der Waals surface area contributed by atoms with Gasteiger partial charge in [-0.2, -0.15) is 0 Å². The van der Waals surface area contributed by atoms with Crippen molar-refractivity contribution in [3.63, 3.8) is 0 Å². The molecule has 3 nitrogen and oxygen atoms in total. The van der Waals surface area contributed by atoms with Gasteiger partial charge in [-0.05, 0) is 68.5 Å². The molecule has 0 amide bonds. The molecule has 3 heteroatoms. The van der Waals surface area contributed by atoms with Crippen LogP contribution in [-0.4, -0.2) is 11.3 Å². The van der Waals surface area contributed by atoms with E-state index in [1.54, 1.807) is 12.1 Å². The van der Waals surface area contributed by atoms with E-state index in [1.807, 2.05) is 19.1 Å². The van der Waals surface area contributed by atoms with E-state index in [1.165, 1.54) is 24.1 Å². The molecule has 1 aliphatic rings. The van der Waals surface area contributed by atoms with Gasteiger partial charge >= 0.3 is 0 Å². The van der Waals surface area contributed by atoms with Crippen LogP contribution >= 0.6 is 0 Å². The van der Waals surface area contributed by atoms with Crippen LogP contribution in [-0.2, 0) is 12.8 Å². The highest BCUT2D eigenvalue weighted by Gasteiger charge is 2.15. The van der Waals surface area contributed by atoms with Crippen LogP contribution in [0.15, 0.2) is 36.4 Å². The molecular weight excluding hydrogens is 262 g/mol. The number of rotatable bonds is 4. The molecule has 0 radical (unpaired) electrons. The van der Waals surface area contributed by atoms with Gasteiger partial charge in [-0.25, -0.2) is 0 Å². The number of aromatic nitrogens is 1. The minimum atomic E-state index is -0.0979. The van der Waals surface area contributed by atoms with Crippen molar-refractivity contribution in [2.45, 2.75) is 38.7 Å². The van der Waals surface area contributed by atoms with Crippen molar-refractivity contribution in [3.05, 3.63) is 58.9 Å².